The summed E-state index contributed by atoms with van der Waals surface area (Å²) in [5, 5.41) is 0.962. The zero-order valence-electron chi connectivity index (χ0n) is 14.8. The summed E-state index contributed by atoms with van der Waals surface area (Å²) in [4.78, 5) is 17.1. The standard InChI is InChI=1S/C23H17NO2S/c1-26-19-13-6-16(7-14-19)8-15-21(25)17-9-11-18(12-10-17)23-24-20-4-2-3-5-22(20)27-23/h2-15H,1H3. The number of thiazole rings is 1. The number of fused-ring (bicyclic) bond motifs is 1. The third-order valence-electron chi connectivity index (χ3n) is 4.25. The van der Waals surface area contributed by atoms with E-state index in [9.17, 15) is 4.79 Å². The van der Waals surface area contributed by atoms with E-state index in [2.05, 4.69) is 11.1 Å². The number of ketones is 1. The average Bonchev–Trinajstić information content (AvgIpc) is 3.17. The minimum Gasteiger partial charge on any atom is -0.497 e. The van der Waals surface area contributed by atoms with Crippen LogP contribution in [0.3, 0.4) is 0 Å². The SMILES string of the molecule is COc1ccc(C=CC(=O)c2ccc(-c3nc4ccccc4s3)cc2)cc1. The minimum atomic E-state index is -0.0262. The molecule has 0 saturated carbocycles. The van der Waals surface area contributed by atoms with Gasteiger partial charge in [0.1, 0.15) is 10.8 Å². The van der Waals surface area contributed by atoms with Gasteiger partial charge in [0.2, 0.25) is 0 Å². The molecule has 0 N–H and O–H groups in total. The van der Waals surface area contributed by atoms with Crippen LogP contribution in [0.2, 0.25) is 0 Å². The lowest BCUT2D eigenvalue weighted by Gasteiger charge is -2.00. The van der Waals surface area contributed by atoms with Gasteiger partial charge in [-0.25, -0.2) is 4.98 Å². The van der Waals surface area contributed by atoms with Gasteiger partial charge in [0, 0.05) is 11.1 Å². The number of hydrogen-bond acceptors (Lipinski definition) is 4. The minimum absolute atomic E-state index is 0.0262. The van der Waals surface area contributed by atoms with E-state index < -0.39 is 0 Å². The first-order chi connectivity index (χ1) is 13.2. The number of carbonyl (C=O) groups is 1. The number of ether oxygens (including phenoxy) is 1. The summed E-state index contributed by atoms with van der Waals surface area (Å²) in [7, 11) is 1.63. The van der Waals surface area contributed by atoms with E-state index in [1.807, 2.05) is 72.8 Å². The van der Waals surface area contributed by atoms with Crippen molar-refractivity contribution >= 4 is 33.4 Å². The lowest BCUT2D eigenvalue weighted by Crippen LogP contribution is -1.93. The fourth-order valence-electron chi connectivity index (χ4n) is 2.76. The predicted molar refractivity (Wildman–Crippen MR) is 111 cm³/mol. The molecule has 0 bridgehead atoms. The molecule has 0 amide bonds. The Morgan fingerprint density at radius 2 is 1.70 bits per heavy atom. The molecule has 0 unspecified atom stereocenters. The lowest BCUT2D eigenvalue weighted by molar-refractivity contribution is 0.104. The molecule has 4 aromatic rings. The second-order valence-corrected chi connectivity index (χ2v) is 7.07. The van der Waals surface area contributed by atoms with Crippen LogP contribution in [0, 0.1) is 0 Å². The van der Waals surface area contributed by atoms with Gasteiger partial charge in [0.25, 0.3) is 0 Å². The topological polar surface area (TPSA) is 39.2 Å². The van der Waals surface area contributed by atoms with E-state index in [0.29, 0.717) is 5.56 Å². The Morgan fingerprint density at radius 1 is 0.963 bits per heavy atom. The Bertz CT molecular complexity index is 1080. The van der Waals surface area contributed by atoms with Crippen LogP contribution >= 0.6 is 11.3 Å². The normalized spacial score (nSPS) is 11.1. The largest absolute Gasteiger partial charge is 0.497 e. The van der Waals surface area contributed by atoms with Crippen molar-refractivity contribution in [1.82, 2.24) is 4.98 Å². The molecule has 0 saturated heterocycles. The van der Waals surface area contributed by atoms with E-state index in [-0.39, 0.29) is 5.78 Å². The van der Waals surface area contributed by atoms with Crippen molar-refractivity contribution < 1.29 is 9.53 Å². The molecule has 3 aromatic carbocycles. The molecule has 132 valence electrons. The van der Waals surface area contributed by atoms with Gasteiger partial charge in [0.15, 0.2) is 5.78 Å². The summed E-state index contributed by atoms with van der Waals surface area (Å²) >= 11 is 1.65. The molecule has 0 atom stereocenters. The van der Waals surface area contributed by atoms with E-state index in [0.717, 1.165) is 32.1 Å². The molecule has 4 rings (SSSR count). The van der Waals surface area contributed by atoms with Crippen LogP contribution in [0.25, 0.3) is 26.9 Å². The second kappa shape index (κ2) is 7.56. The molecule has 0 aliphatic heterocycles. The summed E-state index contributed by atoms with van der Waals surface area (Å²) in [5.41, 5.74) is 3.63. The van der Waals surface area contributed by atoms with E-state index in [4.69, 9.17) is 4.74 Å². The highest BCUT2D eigenvalue weighted by Gasteiger charge is 2.07. The zero-order chi connectivity index (χ0) is 18.6. The smallest absolute Gasteiger partial charge is 0.185 e. The molecule has 0 fully saturated rings. The quantitative estimate of drug-likeness (QED) is 0.325. The summed E-state index contributed by atoms with van der Waals surface area (Å²) in [6.45, 7) is 0. The summed E-state index contributed by atoms with van der Waals surface area (Å²) in [5.74, 6) is 0.769. The van der Waals surface area contributed by atoms with Crippen molar-refractivity contribution in [2.45, 2.75) is 0 Å². The molecule has 4 heteroatoms. The molecule has 1 heterocycles. The molecule has 0 aliphatic carbocycles. The third-order valence-corrected chi connectivity index (χ3v) is 5.34. The fourth-order valence-corrected chi connectivity index (χ4v) is 3.73. The Morgan fingerprint density at radius 3 is 2.41 bits per heavy atom. The maximum absolute atomic E-state index is 12.4. The number of para-hydroxylation sites is 1. The van der Waals surface area contributed by atoms with Gasteiger partial charge in [-0.1, -0.05) is 54.6 Å². The van der Waals surface area contributed by atoms with Gasteiger partial charge in [-0.3, -0.25) is 4.79 Å². The molecule has 3 nitrogen and oxygen atoms in total. The first-order valence-electron chi connectivity index (χ1n) is 8.55. The maximum atomic E-state index is 12.4. The first-order valence-corrected chi connectivity index (χ1v) is 9.37. The molecule has 1 aromatic heterocycles. The van der Waals surface area contributed by atoms with Crippen LogP contribution < -0.4 is 4.74 Å². The maximum Gasteiger partial charge on any atom is 0.185 e. The number of aromatic nitrogens is 1. The second-order valence-electron chi connectivity index (χ2n) is 6.03. The third kappa shape index (κ3) is 3.81. The summed E-state index contributed by atoms with van der Waals surface area (Å²) in [6, 6.07) is 23.3. The summed E-state index contributed by atoms with van der Waals surface area (Å²) in [6.07, 6.45) is 3.40. The van der Waals surface area contributed by atoms with Gasteiger partial charge in [0.05, 0.1) is 17.3 Å². The van der Waals surface area contributed by atoms with Crippen molar-refractivity contribution in [1.29, 1.82) is 0 Å². The summed E-state index contributed by atoms with van der Waals surface area (Å²) < 4.78 is 6.30. The van der Waals surface area contributed by atoms with Crippen LogP contribution in [0.15, 0.2) is 78.9 Å². The number of rotatable bonds is 5. The predicted octanol–water partition coefficient (Wildman–Crippen LogP) is 5.87. The Labute approximate surface area is 161 Å². The average molecular weight is 371 g/mol. The molecular weight excluding hydrogens is 354 g/mol. The van der Waals surface area contributed by atoms with Gasteiger partial charge < -0.3 is 4.74 Å². The first kappa shape index (κ1) is 17.2. The van der Waals surface area contributed by atoms with Crippen molar-refractivity contribution in [3.63, 3.8) is 0 Å². The van der Waals surface area contributed by atoms with E-state index >= 15 is 0 Å². The number of carbonyl (C=O) groups excluding carboxylic acids is 1. The van der Waals surface area contributed by atoms with Crippen LogP contribution in [-0.2, 0) is 0 Å². The highest BCUT2D eigenvalue weighted by molar-refractivity contribution is 7.21. The van der Waals surface area contributed by atoms with Crippen LogP contribution in [0.4, 0.5) is 0 Å². The van der Waals surface area contributed by atoms with Crippen LogP contribution in [0.1, 0.15) is 15.9 Å². The van der Waals surface area contributed by atoms with Gasteiger partial charge in [-0.15, -0.1) is 11.3 Å². The number of benzene rings is 3. The van der Waals surface area contributed by atoms with E-state index in [1.165, 1.54) is 0 Å². The number of allylic oxidation sites excluding steroid dienone is 1. The Hall–Kier alpha value is -3.24. The zero-order valence-corrected chi connectivity index (χ0v) is 15.6. The van der Waals surface area contributed by atoms with Crippen molar-refractivity contribution in [2.24, 2.45) is 0 Å². The lowest BCUT2D eigenvalue weighted by atomic mass is 10.1. The Balaban J connectivity index is 1.50. The van der Waals surface area contributed by atoms with Crippen LogP contribution in [0.5, 0.6) is 5.75 Å². The molecule has 27 heavy (non-hydrogen) atoms. The molecule has 0 spiro atoms. The number of methoxy groups -OCH3 is 1. The van der Waals surface area contributed by atoms with Crippen molar-refractivity contribution in [3.8, 4) is 16.3 Å². The molecular formula is C23H17NO2S. The monoisotopic (exact) mass is 371 g/mol. The van der Waals surface area contributed by atoms with Crippen molar-refractivity contribution in [3.05, 3.63) is 90.0 Å². The highest BCUT2D eigenvalue weighted by atomic mass is 32.1. The highest BCUT2D eigenvalue weighted by Crippen LogP contribution is 2.30. The molecule has 0 radical (unpaired) electrons. The van der Waals surface area contributed by atoms with Crippen molar-refractivity contribution in [2.75, 3.05) is 7.11 Å². The Kier molecular flexibility index (Phi) is 4.81. The molecule has 0 aliphatic rings. The number of hydrogen-bond donors (Lipinski definition) is 0. The van der Waals surface area contributed by atoms with Gasteiger partial charge in [-0.2, -0.15) is 0 Å². The fraction of sp³-hybridized carbons (Fsp3) is 0.0435. The van der Waals surface area contributed by atoms with Crippen LogP contribution in [-0.4, -0.2) is 17.9 Å². The van der Waals surface area contributed by atoms with Gasteiger partial charge in [-0.05, 0) is 35.9 Å². The van der Waals surface area contributed by atoms with E-state index in [1.54, 1.807) is 24.5 Å². The van der Waals surface area contributed by atoms with Gasteiger partial charge >= 0.3 is 0 Å². The number of nitrogens with zero attached hydrogens (tertiary/aromatic N) is 1.